The van der Waals surface area contributed by atoms with E-state index in [0.717, 1.165) is 0 Å². The molecule has 0 spiro atoms. The zero-order chi connectivity index (χ0) is 8.08. The molecule has 11 heavy (non-hydrogen) atoms. The predicted octanol–water partition coefficient (Wildman–Crippen LogP) is -1.49. The molecule has 0 unspecified atom stereocenters. The Balaban J connectivity index is -0.0000000383. The van der Waals surface area contributed by atoms with Crippen LogP contribution < -0.4 is 23.8 Å². The molecule has 0 rings (SSSR count). The van der Waals surface area contributed by atoms with Crippen LogP contribution in [0.25, 0.3) is 0 Å². The summed E-state index contributed by atoms with van der Waals surface area (Å²) in [6.45, 7) is 0. The molecule has 0 atom stereocenters. The summed E-state index contributed by atoms with van der Waals surface area (Å²) in [5, 5.41) is 6.06. The Bertz CT molecular complexity index is 161. The maximum absolute atomic E-state index is 8.74. The van der Waals surface area contributed by atoms with Crippen LogP contribution >= 0.6 is 0 Å². The Morgan fingerprint density at radius 1 is 1.18 bits per heavy atom. The van der Waals surface area contributed by atoms with Crippen LogP contribution in [0, 0.1) is 5.41 Å². The lowest BCUT2D eigenvalue weighted by Gasteiger charge is -1.69. The van der Waals surface area contributed by atoms with E-state index in [1.54, 1.807) is 0 Å². The van der Waals surface area contributed by atoms with Gasteiger partial charge in [-0.2, -0.15) is 8.42 Å². The lowest BCUT2D eigenvalue weighted by Crippen LogP contribution is -2.20. The highest BCUT2D eigenvalue weighted by molar-refractivity contribution is 7.79. The Labute approximate surface area is 64.0 Å². The molecule has 13 N–H and O–H groups in total. The molecule has 0 aliphatic heterocycles. The second kappa shape index (κ2) is 9.06. The van der Waals surface area contributed by atoms with Crippen LogP contribution in [-0.4, -0.2) is 23.5 Å². The standard InChI is InChI=1S/CH5N3.2H3N.H2O4S/c2-1(3)4;;;1-5(2,3)4/h(H5,2,3,4);2*1H3;(H2,1,2,3,4). The average Bonchev–Trinajstić information content (AvgIpc) is 1.19. The molecule has 10 heteroatoms. The van der Waals surface area contributed by atoms with Crippen molar-refractivity contribution in [3.05, 3.63) is 0 Å². The lowest BCUT2D eigenvalue weighted by atomic mass is 11.1. The van der Waals surface area contributed by atoms with E-state index in [4.69, 9.17) is 22.9 Å². The predicted molar refractivity (Wildman–Crippen MR) is 40.3 cm³/mol. The molecule has 0 saturated carbocycles. The Morgan fingerprint density at radius 2 is 1.18 bits per heavy atom. The van der Waals surface area contributed by atoms with Crippen molar-refractivity contribution in [2.45, 2.75) is 0 Å². The fourth-order valence-corrected chi connectivity index (χ4v) is 0. The van der Waals surface area contributed by atoms with Crippen molar-refractivity contribution in [2.75, 3.05) is 0 Å². The van der Waals surface area contributed by atoms with Crippen molar-refractivity contribution >= 4 is 16.4 Å². The Hall–Kier alpha value is -0.940. The van der Waals surface area contributed by atoms with Crippen molar-refractivity contribution < 1.29 is 17.5 Å². The van der Waals surface area contributed by atoms with E-state index in [1.165, 1.54) is 0 Å². The second-order valence-corrected chi connectivity index (χ2v) is 1.80. The van der Waals surface area contributed by atoms with Gasteiger partial charge in [0, 0.05) is 0 Å². The first-order valence-corrected chi connectivity index (χ1v) is 2.92. The summed E-state index contributed by atoms with van der Waals surface area (Å²) in [5.41, 5.74) is 8.94. The maximum atomic E-state index is 8.74. The molecular weight excluding hydrogens is 178 g/mol. The molecule has 9 nitrogen and oxygen atoms in total. The Morgan fingerprint density at radius 3 is 1.18 bits per heavy atom. The van der Waals surface area contributed by atoms with E-state index in [1.807, 2.05) is 0 Å². The van der Waals surface area contributed by atoms with Gasteiger partial charge in [-0.05, 0) is 0 Å². The van der Waals surface area contributed by atoms with E-state index < -0.39 is 10.4 Å². The monoisotopic (exact) mass is 191 g/mol. The van der Waals surface area contributed by atoms with Crippen molar-refractivity contribution in [3.63, 3.8) is 0 Å². The minimum absolute atomic E-state index is 0. The summed E-state index contributed by atoms with van der Waals surface area (Å²) < 4.78 is 31.6. The molecule has 0 aliphatic carbocycles. The molecule has 0 heterocycles. The van der Waals surface area contributed by atoms with Gasteiger partial charge in [-0.1, -0.05) is 0 Å². The molecule has 0 aliphatic rings. The second-order valence-electron chi connectivity index (χ2n) is 0.903. The van der Waals surface area contributed by atoms with Crippen molar-refractivity contribution in [1.82, 2.24) is 12.3 Å². The van der Waals surface area contributed by atoms with E-state index in [2.05, 4.69) is 11.5 Å². The van der Waals surface area contributed by atoms with E-state index in [-0.39, 0.29) is 18.3 Å². The highest BCUT2D eigenvalue weighted by Gasteiger charge is 1.84. The smallest absolute Gasteiger partial charge is 0.370 e. The first kappa shape index (κ1) is 22.5. The largest absolute Gasteiger partial charge is 0.394 e. The van der Waals surface area contributed by atoms with E-state index in [0.29, 0.717) is 0 Å². The molecule has 0 aromatic carbocycles. The van der Waals surface area contributed by atoms with Gasteiger partial charge in [0.05, 0.1) is 0 Å². The third-order valence-electron chi connectivity index (χ3n) is 0. The number of rotatable bonds is 0. The highest BCUT2D eigenvalue weighted by Crippen LogP contribution is 1.59. The van der Waals surface area contributed by atoms with Crippen LogP contribution in [0.2, 0.25) is 0 Å². The minimum Gasteiger partial charge on any atom is -0.370 e. The van der Waals surface area contributed by atoms with Crippen LogP contribution in [0.3, 0.4) is 0 Å². The SMILES string of the molecule is N.N.N=C(N)N.O=S(=O)(O)O. The molecule has 0 radical (unpaired) electrons. The number of hydrogen-bond acceptors (Lipinski definition) is 5. The van der Waals surface area contributed by atoms with Crippen molar-refractivity contribution in [3.8, 4) is 0 Å². The summed E-state index contributed by atoms with van der Waals surface area (Å²) in [6, 6.07) is 0. The van der Waals surface area contributed by atoms with Crippen LogP contribution in [0.15, 0.2) is 0 Å². The van der Waals surface area contributed by atoms with Gasteiger partial charge in [-0.15, -0.1) is 0 Å². The van der Waals surface area contributed by atoms with Crippen LogP contribution in [-0.2, 0) is 10.4 Å². The average molecular weight is 191 g/mol. The molecule has 0 bridgehead atoms. The third-order valence-corrected chi connectivity index (χ3v) is 0. The summed E-state index contributed by atoms with van der Waals surface area (Å²) in [6.07, 6.45) is 0. The molecular formula is CH13N5O4S. The van der Waals surface area contributed by atoms with Gasteiger partial charge in [0.25, 0.3) is 0 Å². The van der Waals surface area contributed by atoms with Crippen molar-refractivity contribution in [2.24, 2.45) is 11.5 Å². The van der Waals surface area contributed by atoms with Gasteiger partial charge in [0.2, 0.25) is 0 Å². The van der Waals surface area contributed by atoms with E-state index >= 15 is 0 Å². The first-order chi connectivity index (χ1) is 3.73. The molecule has 0 fully saturated rings. The topological polar surface area (TPSA) is 220 Å². The quantitative estimate of drug-likeness (QED) is 0.135. The minimum atomic E-state index is -4.67. The molecule has 0 saturated heterocycles. The highest BCUT2D eigenvalue weighted by atomic mass is 32.3. The first-order valence-electron chi connectivity index (χ1n) is 1.53. The third kappa shape index (κ3) is 511. The number of hydrogen-bond donors (Lipinski definition) is 7. The normalized spacial score (nSPS) is 7.45. The zero-order valence-electron chi connectivity index (χ0n) is 5.69. The number of nitrogens with two attached hydrogens (primary N) is 2. The summed E-state index contributed by atoms with van der Waals surface area (Å²) >= 11 is 0. The zero-order valence-corrected chi connectivity index (χ0v) is 6.50. The molecule has 0 aromatic rings. The van der Waals surface area contributed by atoms with Gasteiger partial charge >= 0.3 is 10.4 Å². The van der Waals surface area contributed by atoms with Gasteiger partial charge in [0.15, 0.2) is 5.96 Å². The van der Waals surface area contributed by atoms with E-state index in [9.17, 15) is 0 Å². The maximum Gasteiger partial charge on any atom is 0.394 e. The van der Waals surface area contributed by atoms with Crippen LogP contribution in [0.1, 0.15) is 0 Å². The summed E-state index contributed by atoms with van der Waals surface area (Å²) in [5.74, 6) is -0.333. The summed E-state index contributed by atoms with van der Waals surface area (Å²) in [4.78, 5) is 0. The number of nitrogens with one attached hydrogen (secondary N) is 1. The molecule has 72 valence electrons. The van der Waals surface area contributed by atoms with Crippen LogP contribution in [0.5, 0.6) is 0 Å². The van der Waals surface area contributed by atoms with Crippen LogP contribution in [0.4, 0.5) is 0 Å². The fraction of sp³-hybridized carbons (Fsp3) is 0. The number of guanidine groups is 1. The Kier molecular flexibility index (Phi) is 18.5. The van der Waals surface area contributed by atoms with Gasteiger partial charge in [-0.3, -0.25) is 14.5 Å². The summed E-state index contributed by atoms with van der Waals surface area (Å²) in [7, 11) is -4.67. The lowest BCUT2D eigenvalue weighted by molar-refractivity contribution is 0.381. The van der Waals surface area contributed by atoms with Gasteiger partial charge in [-0.25, -0.2) is 0 Å². The van der Waals surface area contributed by atoms with Gasteiger partial charge < -0.3 is 23.8 Å². The fourth-order valence-electron chi connectivity index (χ4n) is 0. The molecule has 0 amide bonds. The van der Waals surface area contributed by atoms with Gasteiger partial charge in [0.1, 0.15) is 0 Å². The molecule has 0 aromatic heterocycles. The van der Waals surface area contributed by atoms with Crippen molar-refractivity contribution in [1.29, 1.82) is 5.41 Å².